The summed E-state index contributed by atoms with van der Waals surface area (Å²) < 4.78 is 0. The van der Waals surface area contributed by atoms with Crippen LogP contribution in [-0.4, -0.2) is 19.0 Å². The SMILES string of the molecule is O=C(CNCCc1cccc(Cl)c1)Nc1cc(Cl)ccc1Cl. The van der Waals surface area contributed by atoms with Crippen LogP contribution in [0.15, 0.2) is 42.5 Å². The maximum Gasteiger partial charge on any atom is 0.238 e. The van der Waals surface area contributed by atoms with Gasteiger partial charge in [0.15, 0.2) is 0 Å². The molecule has 0 atom stereocenters. The van der Waals surface area contributed by atoms with Crippen molar-refractivity contribution in [1.82, 2.24) is 5.32 Å². The second-order valence-electron chi connectivity index (χ2n) is 4.73. The van der Waals surface area contributed by atoms with Crippen molar-refractivity contribution in [3.63, 3.8) is 0 Å². The van der Waals surface area contributed by atoms with Gasteiger partial charge in [-0.15, -0.1) is 0 Å². The standard InChI is InChI=1S/C16H15Cl3N2O/c17-12-3-1-2-11(8-12)6-7-20-10-16(22)21-15-9-13(18)4-5-14(15)19/h1-5,8-9,20H,6-7,10H2,(H,21,22). The Labute approximate surface area is 144 Å². The molecule has 2 N–H and O–H groups in total. The van der Waals surface area contributed by atoms with Gasteiger partial charge in [0.1, 0.15) is 0 Å². The molecule has 22 heavy (non-hydrogen) atoms. The molecule has 0 heterocycles. The largest absolute Gasteiger partial charge is 0.324 e. The summed E-state index contributed by atoms with van der Waals surface area (Å²) in [6.07, 6.45) is 0.797. The molecule has 0 saturated carbocycles. The van der Waals surface area contributed by atoms with E-state index in [0.717, 1.165) is 12.0 Å². The first kappa shape index (κ1) is 17.1. The zero-order valence-corrected chi connectivity index (χ0v) is 14.0. The molecule has 116 valence electrons. The van der Waals surface area contributed by atoms with Crippen LogP contribution in [0.3, 0.4) is 0 Å². The molecule has 3 nitrogen and oxygen atoms in total. The second-order valence-corrected chi connectivity index (χ2v) is 6.01. The maximum absolute atomic E-state index is 11.8. The quantitative estimate of drug-likeness (QED) is 0.752. The smallest absolute Gasteiger partial charge is 0.238 e. The van der Waals surface area contributed by atoms with E-state index in [9.17, 15) is 4.79 Å². The summed E-state index contributed by atoms with van der Waals surface area (Å²) in [5.41, 5.74) is 1.63. The van der Waals surface area contributed by atoms with Gasteiger partial charge in [0.05, 0.1) is 17.3 Å². The van der Waals surface area contributed by atoms with E-state index in [4.69, 9.17) is 34.8 Å². The van der Waals surface area contributed by atoms with Crippen molar-refractivity contribution in [2.24, 2.45) is 0 Å². The molecule has 2 rings (SSSR count). The van der Waals surface area contributed by atoms with Crippen LogP contribution in [0.25, 0.3) is 0 Å². The Morgan fingerprint density at radius 1 is 1.00 bits per heavy atom. The molecule has 0 spiro atoms. The zero-order chi connectivity index (χ0) is 15.9. The van der Waals surface area contributed by atoms with Gasteiger partial charge in [0.2, 0.25) is 5.91 Å². The van der Waals surface area contributed by atoms with Gasteiger partial charge in [0, 0.05) is 10.0 Å². The first-order valence-electron chi connectivity index (χ1n) is 6.74. The number of anilines is 1. The molecular weight excluding hydrogens is 343 g/mol. The third-order valence-electron chi connectivity index (χ3n) is 2.97. The van der Waals surface area contributed by atoms with Crippen LogP contribution in [0, 0.1) is 0 Å². The van der Waals surface area contributed by atoms with Crippen molar-refractivity contribution in [3.05, 3.63) is 63.1 Å². The predicted molar refractivity (Wildman–Crippen MR) is 93.1 cm³/mol. The fourth-order valence-electron chi connectivity index (χ4n) is 1.91. The Morgan fingerprint density at radius 2 is 1.77 bits per heavy atom. The fraction of sp³-hybridized carbons (Fsp3) is 0.188. The molecule has 0 aliphatic carbocycles. The van der Waals surface area contributed by atoms with Gasteiger partial charge in [-0.25, -0.2) is 0 Å². The normalized spacial score (nSPS) is 10.5. The molecule has 0 radical (unpaired) electrons. The van der Waals surface area contributed by atoms with Crippen molar-refractivity contribution in [3.8, 4) is 0 Å². The zero-order valence-electron chi connectivity index (χ0n) is 11.7. The summed E-state index contributed by atoms with van der Waals surface area (Å²) >= 11 is 17.8. The van der Waals surface area contributed by atoms with E-state index in [1.165, 1.54) is 0 Å². The summed E-state index contributed by atoms with van der Waals surface area (Å²) in [5, 5.41) is 7.49. The van der Waals surface area contributed by atoms with Gasteiger partial charge in [-0.2, -0.15) is 0 Å². The summed E-state index contributed by atoms with van der Waals surface area (Å²) in [6.45, 7) is 0.875. The molecule has 0 saturated heterocycles. The second kappa shape index (κ2) is 8.39. The third kappa shape index (κ3) is 5.50. The van der Waals surface area contributed by atoms with Gasteiger partial charge in [-0.3, -0.25) is 4.79 Å². The number of nitrogens with one attached hydrogen (secondary N) is 2. The van der Waals surface area contributed by atoms with E-state index >= 15 is 0 Å². The number of carbonyl (C=O) groups is 1. The van der Waals surface area contributed by atoms with Gasteiger partial charge >= 0.3 is 0 Å². The number of hydrogen-bond acceptors (Lipinski definition) is 2. The van der Waals surface area contributed by atoms with Gasteiger partial charge in [-0.05, 0) is 48.9 Å². The van der Waals surface area contributed by atoms with Crippen molar-refractivity contribution in [1.29, 1.82) is 0 Å². The van der Waals surface area contributed by atoms with Crippen molar-refractivity contribution >= 4 is 46.4 Å². The lowest BCUT2D eigenvalue weighted by atomic mass is 10.1. The summed E-state index contributed by atoms with van der Waals surface area (Å²) in [5.74, 6) is -0.171. The van der Waals surface area contributed by atoms with Crippen LogP contribution in [-0.2, 0) is 11.2 Å². The molecule has 6 heteroatoms. The Bertz CT molecular complexity index is 662. The molecule has 1 amide bonds. The maximum atomic E-state index is 11.8. The molecule has 2 aromatic carbocycles. The van der Waals surface area contributed by atoms with Gasteiger partial charge in [0.25, 0.3) is 0 Å². The van der Waals surface area contributed by atoms with Gasteiger partial charge < -0.3 is 10.6 Å². The molecule has 0 unspecified atom stereocenters. The Hall–Kier alpha value is -1.26. The number of rotatable bonds is 6. The molecule has 0 fully saturated rings. The number of benzene rings is 2. The van der Waals surface area contributed by atoms with Crippen LogP contribution in [0.5, 0.6) is 0 Å². The average Bonchev–Trinajstić information content (AvgIpc) is 2.48. The lowest BCUT2D eigenvalue weighted by molar-refractivity contribution is -0.115. The molecule has 0 aliphatic heterocycles. The van der Waals surface area contributed by atoms with Crippen LogP contribution in [0.1, 0.15) is 5.56 Å². The van der Waals surface area contributed by atoms with Crippen molar-refractivity contribution in [2.75, 3.05) is 18.4 Å². The molecule has 2 aromatic rings. The van der Waals surface area contributed by atoms with E-state index in [-0.39, 0.29) is 12.5 Å². The minimum absolute atomic E-state index is 0.171. The monoisotopic (exact) mass is 356 g/mol. The highest BCUT2D eigenvalue weighted by molar-refractivity contribution is 6.35. The average molecular weight is 358 g/mol. The number of amides is 1. The number of halogens is 3. The fourth-order valence-corrected chi connectivity index (χ4v) is 2.46. The molecular formula is C16H15Cl3N2O. The summed E-state index contributed by atoms with van der Waals surface area (Å²) in [6, 6.07) is 12.6. The van der Waals surface area contributed by atoms with E-state index in [0.29, 0.717) is 27.3 Å². The minimum atomic E-state index is -0.171. The highest BCUT2D eigenvalue weighted by atomic mass is 35.5. The first-order valence-corrected chi connectivity index (χ1v) is 7.88. The molecule has 0 aromatic heterocycles. The highest BCUT2D eigenvalue weighted by Crippen LogP contribution is 2.25. The van der Waals surface area contributed by atoms with E-state index in [2.05, 4.69) is 10.6 Å². The Kier molecular flexibility index (Phi) is 6.52. The Balaban J connectivity index is 1.75. The molecule has 0 aliphatic rings. The highest BCUT2D eigenvalue weighted by Gasteiger charge is 2.06. The number of carbonyl (C=O) groups excluding carboxylic acids is 1. The lowest BCUT2D eigenvalue weighted by Crippen LogP contribution is -2.29. The van der Waals surface area contributed by atoms with Crippen LogP contribution < -0.4 is 10.6 Å². The summed E-state index contributed by atoms with van der Waals surface area (Å²) in [7, 11) is 0. The number of hydrogen-bond donors (Lipinski definition) is 2. The van der Waals surface area contributed by atoms with Crippen LogP contribution >= 0.6 is 34.8 Å². The van der Waals surface area contributed by atoms with Crippen LogP contribution in [0.4, 0.5) is 5.69 Å². The van der Waals surface area contributed by atoms with E-state index < -0.39 is 0 Å². The Morgan fingerprint density at radius 3 is 2.55 bits per heavy atom. The van der Waals surface area contributed by atoms with Gasteiger partial charge in [-0.1, -0.05) is 46.9 Å². The lowest BCUT2D eigenvalue weighted by Gasteiger charge is -2.09. The van der Waals surface area contributed by atoms with Crippen LogP contribution in [0.2, 0.25) is 15.1 Å². The van der Waals surface area contributed by atoms with E-state index in [1.807, 2.05) is 24.3 Å². The molecule has 0 bridgehead atoms. The van der Waals surface area contributed by atoms with E-state index in [1.54, 1.807) is 18.2 Å². The van der Waals surface area contributed by atoms with Crippen molar-refractivity contribution < 1.29 is 4.79 Å². The topological polar surface area (TPSA) is 41.1 Å². The third-order valence-corrected chi connectivity index (χ3v) is 3.77. The van der Waals surface area contributed by atoms with Crippen molar-refractivity contribution in [2.45, 2.75) is 6.42 Å². The summed E-state index contributed by atoms with van der Waals surface area (Å²) in [4.78, 5) is 11.8. The minimum Gasteiger partial charge on any atom is -0.324 e. The first-order chi connectivity index (χ1) is 10.5. The predicted octanol–water partition coefficient (Wildman–Crippen LogP) is 4.42.